The number of aryl methyl sites for hydroxylation is 2. The number of amides is 1. The standard InChI is InChI=1S/C23H19N7O3/c1-14-5-4-6-15-20(14)26-13-29(23(15)33)10-9-19(31)28-17-7-2-3-8-18(17)30-21-16(11-27-30)22(32)25-12-24-21/h2-8,11-13H,9-10H2,1H3,(H,28,31)(H,24,25,32). The molecule has 2 aromatic carbocycles. The van der Waals surface area contributed by atoms with Gasteiger partial charge in [0.15, 0.2) is 5.65 Å². The maximum Gasteiger partial charge on any atom is 0.261 e. The van der Waals surface area contributed by atoms with Crippen molar-refractivity contribution >= 4 is 33.5 Å². The summed E-state index contributed by atoms with van der Waals surface area (Å²) in [4.78, 5) is 48.5. The van der Waals surface area contributed by atoms with Gasteiger partial charge in [0.2, 0.25) is 5.91 Å². The summed E-state index contributed by atoms with van der Waals surface area (Å²) in [5.41, 5.74) is 2.57. The van der Waals surface area contributed by atoms with Crippen molar-refractivity contribution in [3.8, 4) is 5.69 Å². The van der Waals surface area contributed by atoms with Crippen LogP contribution in [0, 0.1) is 6.92 Å². The van der Waals surface area contributed by atoms with Gasteiger partial charge in [0, 0.05) is 13.0 Å². The van der Waals surface area contributed by atoms with Gasteiger partial charge < -0.3 is 10.3 Å². The van der Waals surface area contributed by atoms with E-state index in [1.54, 1.807) is 30.3 Å². The highest BCUT2D eigenvalue weighted by molar-refractivity contribution is 5.93. The number of benzene rings is 2. The number of aromatic nitrogens is 6. The second kappa shape index (κ2) is 8.15. The van der Waals surface area contributed by atoms with E-state index in [4.69, 9.17) is 0 Å². The zero-order valence-electron chi connectivity index (χ0n) is 17.6. The number of hydrogen-bond donors (Lipinski definition) is 2. The number of aromatic amines is 1. The van der Waals surface area contributed by atoms with E-state index < -0.39 is 0 Å². The average molecular weight is 441 g/mol. The number of rotatable bonds is 5. The van der Waals surface area contributed by atoms with Crippen molar-refractivity contribution in [1.82, 2.24) is 29.3 Å². The van der Waals surface area contributed by atoms with Gasteiger partial charge in [-0.2, -0.15) is 5.10 Å². The van der Waals surface area contributed by atoms with Crippen LogP contribution in [0.25, 0.3) is 27.6 Å². The molecule has 0 radical (unpaired) electrons. The first-order valence-electron chi connectivity index (χ1n) is 10.3. The van der Waals surface area contributed by atoms with Crippen LogP contribution in [0.2, 0.25) is 0 Å². The number of H-pyrrole nitrogens is 1. The molecule has 10 heteroatoms. The first kappa shape index (κ1) is 20.3. The van der Waals surface area contributed by atoms with Crippen LogP contribution in [-0.2, 0) is 11.3 Å². The van der Waals surface area contributed by atoms with Crippen LogP contribution in [0.5, 0.6) is 0 Å². The van der Waals surface area contributed by atoms with Crippen molar-refractivity contribution in [2.45, 2.75) is 19.9 Å². The second-order valence-electron chi connectivity index (χ2n) is 7.55. The molecule has 0 saturated carbocycles. The second-order valence-corrected chi connectivity index (χ2v) is 7.55. The number of nitrogens with one attached hydrogen (secondary N) is 2. The number of anilines is 1. The van der Waals surface area contributed by atoms with E-state index in [2.05, 4.69) is 25.4 Å². The maximum atomic E-state index is 12.8. The lowest BCUT2D eigenvalue weighted by molar-refractivity contribution is -0.116. The van der Waals surface area contributed by atoms with E-state index in [9.17, 15) is 14.4 Å². The predicted molar refractivity (Wildman–Crippen MR) is 123 cm³/mol. The smallest absolute Gasteiger partial charge is 0.261 e. The van der Waals surface area contributed by atoms with E-state index in [0.717, 1.165) is 5.56 Å². The van der Waals surface area contributed by atoms with Crippen LogP contribution >= 0.6 is 0 Å². The number of carbonyl (C=O) groups is 1. The molecule has 0 unspecified atom stereocenters. The van der Waals surface area contributed by atoms with Crippen LogP contribution in [0.4, 0.5) is 5.69 Å². The Kier molecular flexibility index (Phi) is 5.02. The number of carbonyl (C=O) groups excluding carboxylic acids is 1. The Morgan fingerprint density at radius 1 is 1.06 bits per heavy atom. The van der Waals surface area contributed by atoms with Crippen LogP contribution in [0.3, 0.4) is 0 Å². The zero-order chi connectivity index (χ0) is 22.9. The molecule has 2 N–H and O–H groups in total. The van der Waals surface area contributed by atoms with E-state index >= 15 is 0 Å². The highest BCUT2D eigenvalue weighted by Gasteiger charge is 2.14. The van der Waals surface area contributed by atoms with E-state index in [-0.39, 0.29) is 30.0 Å². The molecule has 5 aromatic rings. The lowest BCUT2D eigenvalue weighted by Gasteiger charge is -2.12. The van der Waals surface area contributed by atoms with Crippen LogP contribution < -0.4 is 16.4 Å². The van der Waals surface area contributed by atoms with E-state index in [0.29, 0.717) is 33.3 Å². The minimum atomic E-state index is -0.294. The first-order valence-corrected chi connectivity index (χ1v) is 10.3. The van der Waals surface area contributed by atoms with Gasteiger partial charge in [-0.15, -0.1) is 0 Å². The summed E-state index contributed by atoms with van der Waals surface area (Å²) < 4.78 is 2.94. The molecule has 164 valence electrons. The summed E-state index contributed by atoms with van der Waals surface area (Å²) in [5.74, 6) is -0.277. The predicted octanol–water partition coefficient (Wildman–Crippen LogP) is 2.16. The fourth-order valence-electron chi connectivity index (χ4n) is 3.73. The summed E-state index contributed by atoms with van der Waals surface area (Å²) in [7, 11) is 0. The van der Waals surface area contributed by atoms with Gasteiger partial charge in [-0.1, -0.05) is 24.3 Å². The molecule has 0 aliphatic rings. The van der Waals surface area contributed by atoms with Crippen LogP contribution in [-0.4, -0.2) is 35.2 Å². The number of hydrogen-bond acceptors (Lipinski definition) is 6. The summed E-state index contributed by atoms with van der Waals surface area (Å²) in [6, 6.07) is 12.5. The summed E-state index contributed by atoms with van der Waals surface area (Å²) in [6.07, 6.45) is 4.28. The summed E-state index contributed by atoms with van der Waals surface area (Å²) in [5, 5.41) is 8.00. The normalized spacial score (nSPS) is 11.2. The maximum absolute atomic E-state index is 12.8. The first-order chi connectivity index (χ1) is 16.0. The fourth-order valence-corrected chi connectivity index (χ4v) is 3.73. The molecule has 0 atom stereocenters. The molecule has 3 heterocycles. The van der Waals surface area contributed by atoms with Crippen molar-refractivity contribution in [2.24, 2.45) is 0 Å². The van der Waals surface area contributed by atoms with Crippen molar-refractivity contribution in [1.29, 1.82) is 0 Å². The lowest BCUT2D eigenvalue weighted by Crippen LogP contribution is -2.24. The molecule has 3 aromatic heterocycles. The zero-order valence-corrected chi connectivity index (χ0v) is 17.6. The quantitative estimate of drug-likeness (QED) is 0.430. The Morgan fingerprint density at radius 3 is 2.79 bits per heavy atom. The van der Waals surface area contributed by atoms with Crippen molar-refractivity contribution in [2.75, 3.05) is 5.32 Å². The van der Waals surface area contributed by atoms with Gasteiger partial charge in [-0.05, 0) is 30.7 Å². The third kappa shape index (κ3) is 3.67. The minimum absolute atomic E-state index is 0.0744. The Morgan fingerprint density at radius 2 is 1.91 bits per heavy atom. The number of nitrogens with zero attached hydrogens (tertiary/aromatic N) is 5. The molecular formula is C23H19N7O3. The van der Waals surface area contributed by atoms with Crippen molar-refractivity contribution in [3.63, 3.8) is 0 Å². The van der Waals surface area contributed by atoms with Gasteiger partial charge in [-0.25, -0.2) is 14.6 Å². The number of fused-ring (bicyclic) bond motifs is 2. The molecule has 0 fully saturated rings. The Balaban J connectivity index is 1.38. The molecule has 0 spiro atoms. The molecule has 1 amide bonds. The van der Waals surface area contributed by atoms with Gasteiger partial charge in [0.25, 0.3) is 11.1 Å². The van der Waals surface area contributed by atoms with E-state index in [1.165, 1.54) is 28.1 Å². The molecule has 0 bridgehead atoms. The Hall–Kier alpha value is -4.60. The van der Waals surface area contributed by atoms with E-state index in [1.807, 2.05) is 19.1 Å². The largest absolute Gasteiger partial charge is 0.324 e. The van der Waals surface area contributed by atoms with Gasteiger partial charge in [0.1, 0.15) is 5.39 Å². The van der Waals surface area contributed by atoms with Gasteiger partial charge >= 0.3 is 0 Å². The molecule has 5 rings (SSSR count). The SMILES string of the molecule is Cc1cccc2c(=O)n(CCC(=O)Nc3ccccc3-n3ncc4c(=O)[nH]cnc43)cnc12. The fraction of sp³-hybridized carbons (Fsp3) is 0.130. The van der Waals surface area contributed by atoms with Gasteiger partial charge in [0.05, 0.1) is 41.1 Å². The Labute approximate surface area is 186 Å². The third-order valence-electron chi connectivity index (χ3n) is 5.41. The average Bonchev–Trinajstić information content (AvgIpc) is 3.25. The summed E-state index contributed by atoms with van der Waals surface area (Å²) in [6.45, 7) is 2.09. The molecule has 33 heavy (non-hydrogen) atoms. The molecule has 0 aliphatic carbocycles. The molecular weight excluding hydrogens is 422 g/mol. The lowest BCUT2D eigenvalue weighted by atomic mass is 10.1. The molecule has 0 saturated heterocycles. The molecule has 10 nitrogen and oxygen atoms in total. The third-order valence-corrected chi connectivity index (χ3v) is 5.41. The summed E-state index contributed by atoms with van der Waals surface area (Å²) >= 11 is 0. The topological polar surface area (TPSA) is 128 Å². The van der Waals surface area contributed by atoms with Crippen LogP contribution in [0.1, 0.15) is 12.0 Å². The number of para-hydroxylation sites is 3. The van der Waals surface area contributed by atoms with Crippen molar-refractivity contribution in [3.05, 3.63) is 87.6 Å². The Bertz CT molecular complexity index is 1630. The highest BCUT2D eigenvalue weighted by atomic mass is 16.2. The van der Waals surface area contributed by atoms with Crippen molar-refractivity contribution < 1.29 is 4.79 Å². The molecule has 0 aliphatic heterocycles. The highest BCUT2D eigenvalue weighted by Crippen LogP contribution is 2.22. The minimum Gasteiger partial charge on any atom is -0.324 e. The van der Waals surface area contributed by atoms with Crippen LogP contribution in [0.15, 0.2) is 70.9 Å². The monoisotopic (exact) mass is 441 g/mol. The van der Waals surface area contributed by atoms with Gasteiger partial charge in [-0.3, -0.25) is 19.0 Å².